The summed E-state index contributed by atoms with van der Waals surface area (Å²) in [6.45, 7) is 4.84. The average Bonchev–Trinajstić information content (AvgIpc) is 2.54. The van der Waals surface area contributed by atoms with Crippen LogP contribution in [0.25, 0.3) is 0 Å². The minimum absolute atomic E-state index is 0.0466. The highest BCUT2D eigenvalue weighted by molar-refractivity contribution is 7.86. The van der Waals surface area contributed by atoms with E-state index in [9.17, 15) is 28.8 Å². The molecule has 25 heavy (non-hydrogen) atoms. The SMILES string of the molecule is CC1(C)CC(=C(C#N)C#N)C(C#N)=C(N2CCC(S(=O)(=O)O)CC2)C1. The molecule has 2 rings (SSSR count). The molecule has 1 aliphatic carbocycles. The minimum Gasteiger partial charge on any atom is -0.374 e. The van der Waals surface area contributed by atoms with Crippen molar-refractivity contribution in [3.05, 3.63) is 22.4 Å². The molecule has 1 aliphatic heterocycles. The summed E-state index contributed by atoms with van der Waals surface area (Å²) in [7, 11) is -4.06. The Morgan fingerprint density at radius 2 is 1.72 bits per heavy atom. The largest absolute Gasteiger partial charge is 0.374 e. The fourth-order valence-corrected chi connectivity index (χ4v) is 4.35. The molecular weight excluding hydrogens is 340 g/mol. The Hall–Kier alpha value is -2.34. The number of piperidine rings is 1. The molecule has 1 heterocycles. The summed E-state index contributed by atoms with van der Waals surface area (Å²) in [5.41, 5.74) is 1.31. The molecule has 0 aromatic carbocycles. The van der Waals surface area contributed by atoms with Crippen molar-refractivity contribution in [3.63, 3.8) is 0 Å². The van der Waals surface area contributed by atoms with Gasteiger partial charge in [0.2, 0.25) is 0 Å². The van der Waals surface area contributed by atoms with Crippen LogP contribution in [-0.4, -0.2) is 36.2 Å². The van der Waals surface area contributed by atoms with E-state index in [0.717, 1.165) is 5.70 Å². The summed E-state index contributed by atoms with van der Waals surface area (Å²) in [5, 5.41) is 27.3. The highest BCUT2D eigenvalue weighted by Crippen LogP contribution is 2.44. The lowest BCUT2D eigenvalue weighted by atomic mass is 9.72. The second-order valence-corrected chi connectivity index (χ2v) is 8.93. The molecule has 132 valence electrons. The van der Waals surface area contributed by atoms with Crippen LogP contribution in [0.3, 0.4) is 0 Å². The highest BCUT2D eigenvalue weighted by atomic mass is 32.2. The first-order chi connectivity index (χ1) is 11.6. The van der Waals surface area contributed by atoms with Crippen LogP contribution in [0.1, 0.15) is 39.5 Å². The van der Waals surface area contributed by atoms with Crippen LogP contribution < -0.4 is 0 Å². The summed E-state index contributed by atoms with van der Waals surface area (Å²) in [6.07, 6.45) is 1.64. The summed E-state index contributed by atoms with van der Waals surface area (Å²) in [6, 6.07) is 5.89. The van der Waals surface area contributed by atoms with Gasteiger partial charge in [-0.15, -0.1) is 0 Å². The maximum Gasteiger partial charge on any atom is 0.267 e. The van der Waals surface area contributed by atoms with Gasteiger partial charge < -0.3 is 4.90 Å². The van der Waals surface area contributed by atoms with Gasteiger partial charge in [0.15, 0.2) is 0 Å². The Kier molecular flexibility index (Phi) is 5.23. The van der Waals surface area contributed by atoms with E-state index in [1.165, 1.54) is 0 Å². The Bertz CT molecular complexity index is 839. The standard InChI is InChI=1S/C17H20N4O3S/c1-17(2)7-14(12(9-18)10-19)15(11-20)16(8-17)21-5-3-13(4-6-21)25(22,23)24/h13H,3-8H2,1-2H3,(H,22,23,24). The van der Waals surface area contributed by atoms with Crippen LogP contribution in [0.4, 0.5) is 0 Å². The third-order valence-corrected chi connectivity index (χ3v) is 6.09. The van der Waals surface area contributed by atoms with Crippen molar-refractivity contribution in [1.29, 1.82) is 15.8 Å². The maximum atomic E-state index is 11.3. The molecule has 0 atom stereocenters. The van der Waals surface area contributed by atoms with E-state index < -0.39 is 15.4 Å². The van der Waals surface area contributed by atoms with E-state index in [4.69, 9.17) is 0 Å². The van der Waals surface area contributed by atoms with Crippen LogP contribution in [0, 0.1) is 39.4 Å². The van der Waals surface area contributed by atoms with Gasteiger partial charge in [0.25, 0.3) is 10.1 Å². The number of nitriles is 3. The molecule has 0 aromatic heterocycles. The number of hydrogen-bond donors (Lipinski definition) is 1. The quantitative estimate of drug-likeness (QED) is 0.590. The van der Waals surface area contributed by atoms with Crippen molar-refractivity contribution >= 4 is 10.1 Å². The minimum atomic E-state index is -4.06. The summed E-state index contributed by atoms with van der Waals surface area (Å²) < 4.78 is 31.8. The number of hydrogen-bond acceptors (Lipinski definition) is 6. The molecule has 0 aromatic rings. The first-order valence-electron chi connectivity index (χ1n) is 8.01. The van der Waals surface area contributed by atoms with Gasteiger partial charge >= 0.3 is 0 Å². The van der Waals surface area contributed by atoms with Crippen LogP contribution >= 0.6 is 0 Å². The summed E-state index contributed by atoms with van der Waals surface area (Å²) in [5.74, 6) is 0. The smallest absolute Gasteiger partial charge is 0.267 e. The van der Waals surface area contributed by atoms with E-state index in [0.29, 0.717) is 37.1 Å². The molecule has 0 radical (unpaired) electrons. The van der Waals surface area contributed by atoms with E-state index in [-0.39, 0.29) is 23.8 Å². The van der Waals surface area contributed by atoms with Crippen LogP contribution in [0.15, 0.2) is 22.4 Å². The lowest BCUT2D eigenvalue weighted by Crippen LogP contribution is -2.41. The molecule has 1 N–H and O–H groups in total. The van der Waals surface area contributed by atoms with Crippen molar-refractivity contribution in [3.8, 4) is 18.2 Å². The molecule has 8 heteroatoms. The predicted octanol–water partition coefficient (Wildman–Crippen LogP) is 2.28. The van der Waals surface area contributed by atoms with Gasteiger partial charge in [0.05, 0.1) is 10.8 Å². The van der Waals surface area contributed by atoms with E-state index in [2.05, 4.69) is 6.07 Å². The van der Waals surface area contributed by atoms with Gasteiger partial charge in [-0.1, -0.05) is 13.8 Å². The monoisotopic (exact) mass is 360 g/mol. The third kappa shape index (κ3) is 4.02. The van der Waals surface area contributed by atoms with Gasteiger partial charge in [-0.25, -0.2) is 0 Å². The molecule has 1 fully saturated rings. The lowest BCUT2D eigenvalue weighted by Gasteiger charge is -2.41. The van der Waals surface area contributed by atoms with Crippen LogP contribution in [-0.2, 0) is 10.1 Å². The molecule has 1 saturated heterocycles. The average molecular weight is 360 g/mol. The molecule has 0 unspecified atom stereocenters. The highest BCUT2D eigenvalue weighted by Gasteiger charge is 2.37. The first kappa shape index (κ1) is 19.0. The van der Waals surface area contributed by atoms with Crippen LogP contribution in [0.2, 0.25) is 0 Å². The summed E-state index contributed by atoms with van der Waals surface area (Å²) in [4.78, 5) is 1.95. The first-order valence-corrected chi connectivity index (χ1v) is 9.51. The number of likely N-dealkylation sites (tertiary alicyclic amines) is 1. The summed E-state index contributed by atoms with van der Waals surface area (Å²) >= 11 is 0. The zero-order valence-corrected chi connectivity index (χ0v) is 15.1. The number of nitrogens with zero attached hydrogens (tertiary/aromatic N) is 4. The van der Waals surface area contributed by atoms with Crippen molar-refractivity contribution < 1.29 is 13.0 Å². The molecule has 2 aliphatic rings. The van der Waals surface area contributed by atoms with E-state index in [1.807, 2.05) is 30.9 Å². The second-order valence-electron chi connectivity index (χ2n) is 7.23. The maximum absolute atomic E-state index is 11.3. The molecule has 0 amide bonds. The Morgan fingerprint density at radius 1 is 1.16 bits per heavy atom. The Morgan fingerprint density at radius 3 is 2.16 bits per heavy atom. The Labute approximate surface area is 148 Å². The van der Waals surface area contributed by atoms with Crippen molar-refractivity contribution in [1.82, 2.24) is 4.90 Å². The van der Waals surface area contributed by atoms with Gasteiger partial charge in [-0.2, -0.15) is 24.2 Å². The van der Waals surface area contributed by atoms with Gasteiger partial charge in [-0.05, 0) is 31.1 Å². The fraction of sp³-hybridized carbons (Fsp3) is 0.588. The van der Waals surface area contributed by atoms with Crippen molar-refractivity contribution in [2.24, 2.45) is 5.41 Å². The van der Waals surface area contributed by atoms with Gasteiger partial charge in [0, 0.05) is 24.4 Å². The topological polar surface area (TPSA) is 129 Å². The van der Waals surface area contributed by atoms with Crippen molar-refractivity contribution in [2.75, 3.05) is 13.1 Å². The zero-order valence-electron chi connectivity index (χ0n) is 14.3. The lowest BCUT2D eigenvalue weighted by molar-refractivity contribution is 0.230. The fourth-order valence-electron chi connectivity index (χ4n) is 3.54. The normalized spacial score (nSPS) is 21.3. The third-order valence-electron chi connectivity index (χ3n) is 4.77. The van der Waals surface area contributed by atoms with E-state index >= 15 is 0 Å². The predicted molar refractivity (Wildman–Crippen MR) is 90.0 cm³/mol. The number of allylic oxidation sites excluding steroid dienone is 4. The molecule has 0 bridgehead atoms. The van der Waals surface area contributed by atoms with Crippen molar-refractivity contribution in [2.45, 2.75) is 44.8 Å². The second kappa shape index (κ2) is 6.88. The molecule has 7 nitrogen and oxygen atoms in total. The molecule has 0 saturated carbocycles. The van der Waals surface area contributed by atoms with Gasteiger partial charge in [0.1, 0.15) is 23.8 Å². The van der Waals surface area contributed by atoms with E-state index in [1.54, 1.807) is 0 Å². The van der Waals surface area contributed by atoms with Gasteiger partial charge in [-0.3, -0.25) is 4.55 Å². The zero-order chi connectivity index (χ0) is 18.8. The Balaban J connectivity index is 2.44. The molecule has 0 spiro atoms. The molecular formula is C17H20N4O3S. The van der Waals surface area contributed by atoms with Crippen LogP contribution in [0.5, 0.6) is 0 Å². The number of rotatable bonds is 2.